The Morgan fingerprint density at radius 1 is 1.23 bits per heavy atom. The predicted octanol–water partition coefficient (Wildman–Crippen LogP) is 2.40. The van der Waals surface area contributed by atoms with E-state index >= 15 is 0 Å². The van der Waals surface area contributed by atoms with Crippen LogP contribution in [-0.2, 0) is 4.79 Å². The maximum Gasteiger partial charge on any atom is 0.294 e. The molecule has 8 nitrogen and oxygen atoms in total. The van der Waals surface area contributed by atoms with Crippen molar-refractivity contribution in [2.75, 3.05) is 42.9 Å². The topological polar surface area (TPSA) is 91.6 Å². The Morgan fingerprint density at radius 2 is 2.00 bits per heavy atom. The van der Waals surface area contributed by atoms with E-state index in [-0.39, 0.29) is 28.8 Å². The number of nitrogens with zero attached hydrogens (tertiary/aromatic N) is 4. The Balaban J connectivity index is 1.54. The Morgan fingerprint density at radius 3 is 2.65 bits per heavy atom. The summed E-state index contributed by atoms with van der Waals surface area (Å²) in [5.74, 6) is 0.634. The van der Waals surface area contributed by atoms with Gasteiger partial charge in [-0.05, 0) is 24.3 Å². The van der Waals surface area contributed by atoms with Gasteiger partial charge in [0.25, 0.3) is 5.69 Å². The highest BCUT2D eigenvalue weighted by Gasteiger charge is 2.21. The maximum atomic E-state index is 12.3. The fraction of sp³-hybridized carbons (Fsp3) is 0.294. The molecule has 1 aliphatic rings. The van der Waals surface area contributed by atoms with Gasteiger partial charge in [0.05, 0.1) is 11.5 Å². The fourth-order valence-electron chi connectivity index (χ4n) is 2.83. The van der Waals surface area contributed by atoms with Crippen LogP contribution in [0.25, 0.3) is 0 Å². The van der Waals surface area contributed by atoms with Crippen LogP contribution in [0, 0.1) is 10.1 Å². The molecule has 1 saturated heterocycles. The number of amides is 1. The second-order valence-electron chi connectivity index (χ2n) is 5.92. The average molecular weight is 376 g/mol. The first-order valence-electron chi connectivity index (χ1n) is 8.15. The highest BCUT2D eigenvalue weighted by Crippen LogP contribution is 2.27. The van der Waals surface area contributed by atoms with Gasteiger partial charge in [0.2, 0.25) is 5.91 Å². The second kappa shape index (κ2) is 8.11. The lowest BCUT2D eigenvalue weighted by atomic mass is 10.2. The first-order valence-corrected chi connectivity index (χ1v) is 8.53. The highest BCUT2D eigenvalue weighted by molar-refractivity contribution is 6.31. The molecule has 2 aromatic rings. The summed E-state index contributed by atoms with van der Waals surface area (Å²) in [5.41, 5.74) is -0.0673. The number of nitrogens with one attached hydrogen (secondary N) is 1. The minimum absolute atomic E-state index is 0.150. The first-order chi connectivity index (χ1) is 12.5. The summed E-state index contributed by atoms with van der Waals surface area (Å²) in [7, 11) is 0. The molecule has 2 heterocycles. The van der Waals surface area contributed by atoms with Crippen LogP contribution < -0.4 is 10.2 Å². The SMILES string of the molecule is O=C(CN1CCN(c2ccccn2)CC1)Nc1ccc(Cl)cc1[N+](=O)[O-]. The quantitative estimate of drug-likeness (QED) is 0.637. The Bertz CT molecular complexity index is 794. The number of piperazine rings is 1. The van der Waals surface area contributed by atoms with E-state index < -0.39 is 4.92 Å². The van der Waals surface area contributed by atoms with Gasteiger partial charge in [0, 0.05) is 43.5 Å². The number of nitro groups is 1. The molecule has 1 N–H and O–H groups in total. The van der Waals surface area contributed by atoms with Crippen molar-refractivity contribution in [1.29, 1.82) is 0 Å². The molecule has 1 aromatic heterocycles. The van der Waals surface area contributed by atoms with E-state index in [1.165, 1.54) is 18.2 Å². The number of aromatic nitrogens is 1. The van der Waals surface area contributed by atoms with Crippen LogP contribution in [0.3, 0.4) is 0 Å². The Kier molecular flexibility index (Phi) is 5.65. The van der Waals surface area contributed by atoms with Gasteiger partial charge < -0.3 is 10.2 Å². The number of hydrogen-bond acceptors (Lipinski definition) is 6. The summed E-state index contributed by atoms with van der Waals surface area (Å²) in [6.45, 7) is 3.14. The van der Waals surface area contributed by atoms with E-state index in [0.29, 0.717) is 13.1 Å². The number of anilines is 2. The molecule has 136 valence electrons. The van der Waals surface area contributed by atoms with E-state index in [1.807, 2.05) is 23.1 Å². The molecule has 3 rings (SSSR count). The van der Waals surface area contributed by atoms with Crippen LogP contribution in [0.15, 0.2) is 42.6 Å². The van der Waals surface area contributed by atoms with E-state index in [0.717, 1.165) is 18.9 Å². The fourth-order valence-corrected chi connectivity index (χ4v) is 3.00. The smallest absolute Gasteiger partial charge is 0.294 e. The summed E-state index contributed by atoms with van der Waals surface area (Å²) >= 11 is 5.78. The zero-order valence-corrected chi connectivity index (χ0v) is 14.7. The highest BCUT2D eigenvalue weighted by atomic mass is 35.5. The van der Waals surface area contributed by atoms with Crippen molar-refractivity contribution in [1.82, 2.24) is 9.88 Å². The van der Waals surface area contributed by atoms with Gasteiger partial charge in [-0.15, -0.1) is 0 Å². The molecular weight excluding hydrogens is 358 g/mol. The van der Waals surface area contributed by atoms with Gasteiger partial charge in [-0.1, -0.05) is 17.7 Å². The van der Waals surface area contributed by atoms with E-state index in [4.69, 9.17) is 11.6 Å². The van der Waals surface area contributed by atoms with Crippen molar-refractivity contribution in [3.63, 3.8) is 0 Å². The Labute approximate surface area is 155 Å². The monoisotopic (exact) mass is 375 g/mol. The van der Waals surface area contributed by atoms with Crippen molar-refractivity contribution in [2.45, 2.75) is 0 Å². The van der Waals surface area contributed by atoms with Crippen LogP contribution in [0.5, 0.6) is 0 Å². The van der Waals surface area contributed by atoms with E-state index in [2.05, 4.69) is 15.2 Å². The van der Waals surface area contributed by atoms with Gasteiger partial charge in [-0.2, -0.15) is 0 Å². The van der Waals surface area contributed by atoms with Gasteiger partial charge in [0.15, 0.2) is 0 Å². The molecule has 0 unspecified atom stereocenters. The van der Waals surface area contributed by atoms with Gasteiger partial charge in [-0.25, -0.2) is 4.98 Å². The number of halogens is 1. The Hall–Kier alpha value is -2.71. The standard InChI is InChI=1S/C17H18ClN5O3/c18-13-4-5-14(15(11-13)23(25)26)20-17(24)12-21-7-9-22(10-8-21)16-3-1-2-6-19-16/h1-6,11H,7-10,12H2,(H,20,24). The average Bonchev–Trinajstić information content (AvgIpc) is 2.64. The second-order valence-corrected chi connectivity index (χ2v) is 6.35. The molecule has 0 atom stereocenters. The summed E-state index contributed by atoms with van der Waals surface area (Å²) in [4.78, 5) is 31.3. The molecule has 0 aliphatic carbocycles. The van der Waals surface area contributed by atoms with Crippen molar-refractivity contribution in [3.8, 4) is 0 Å². The summed E-state index contributed by atoms with van der Waals surface area (Å²) in [6.07, 6.45) is 1.76. The van der Waals surface area contributed by atoms with Crippen LogP contribution in [-0.4, -0.2) is 53.4 Å². The lowest BCUT2D eigenvalue weighted by Gasteiger charge is -2.34. The number of hydrogen-bond donors (Lipinski definition) is 1. The van der Waals surface area contributed by atoms with E-state index in [9.17, 15) is 14.9 Å². The molecule has 1 aromatic carbocycles. The van der Waals surface area contributed by atoms with Crippen LogP contribution in [0.4, 0.5) is 17.2 Å². The molecular formula is C17H18ClN5O3. The minimum atomic E-state index is -0.562. The lowest BCUT2D eigenvalue weighted by Crippen LogP contribution is -2.48. The summed E-state index contributed by atoms with van der Waals surface area (Å²) in [5, 5.41) is 13.9. The number of carbonyl (C=O) groups excluding carboxylic acids is 1. The van der Waals surface area contributed by atoms with E-state index in [1.54, 1.807) is 6.20 Å². The predicted molar refractivity (Wildman–Crippen MR) is 99.6 cm³/mol. The molecule has 9 heteroatoms. The van der Waals surface area contributed by atoms with Crippen molar-refractivity contribution < 1.29 is 9.72 Å². The van der Waals surface area contributed by atoms with Gasteiger partial charge in [-0.3, -0.25) is 19.8 Å². The molecule has 0 bridgehead atoms. The minimum Gasteiger partial charge on any atom is -0.354 e. The third-order valence-corrected chi connectivity index (χ3v) is 4.38. The summed E-state index contributed by atoms with van der Waals surface area (Å²) < 4.78 is 0. The molecule has 1 fully saturated rings. The van der Waals surface area contributed by atoms with Crippen molar-refractivity contribution in [2.24, 2.45) is 0 Å². The first kappa shape index (κ1) is 18.1. The number of benzene rings is 1. The van der Waals surface area contributed by atoms with Crippen LogP contribution in [0.1, 0.15) is 0 Å². The normalized spacial score (nSPS) is 14.9. The number of nitro benzene ring substituents is 1. The van der Waals surface area contributed by atoms with Crippen LogP contribution in [0.2, 0.25) is 5.02 Å². The number of rotatable bonds is 5. The van der Waals surface area contributed by atoms with Crippen molar-refractivity contribution >= 4 is 34.7 Å². The molecule has 1 aliphatic heterocycles. The lowest BCUT2D eigenvalue weighted by molar-refractivity contribution is -0.383. The summed E-state index contributed by atoms with van der Waals surface area (Å²) in [6, 6.07) is 9.96. The molecule has 0 spiro atoms. The van der Waals surface area contributed by atoms with Crippen molar-refractivity contribution in [3.05, 3.63) is 57.7 Å². The van der Waals surface area contributed by atoms with Gasteiger partial charge >= 0.3 is 0 Å². The third kappa shape index (κ3) is 4.47. The zero-order chi connectivity index (χ0) is 18.5. The largest absolute Gasteiger partial charge is 0.354 e. The van der Waals surface area contributed by atoms with Crippen LogP contribution >= 0.6 is 11.6 Å². The number of pyridine rings is 1. The molecule has 1 amide bonds. The van der Waals surface area contributed by atoms with Gasteiger partial charge in [0.1, 0.15) is 11.5 Å². The maximum absolute atomic E-state index is 12.3. The third-order valence-electron chi connectivity index (χ3n) is 4.14. The zero-order valence-electron chi connectivity index (χ0n) is 14.0. The molecule has 26 heavy (non-hydrogen) atoms. The number of carbonyl (C=O) groups is 1. The molecule has 0 saturated carbocycles. The molecule has 0 radical (unpaired) electrons.